The summed E-state index contributed by atoms with van der Waals surface area (Å²) in [5.74, 6) is 1.11. The van der Waals surface area contributed by atoms with E-state index < -0.39 is 0 Å². The van der Waals surface area contributed by atoms with Crippen LogP contribution in [0.25, 0.3) is 0 Å². The average Bonchev–Trinajstić information content (AvgIpc) is 1.69. The molecule has 0 aliphatic heterocycles. The zero-order chi connectivity index (χ0) is 5.54. The molecular formula is C4H12N2S. The molecule has 7 heavy (non-hydrogen) atoms. The van der Waals surface area contributed by atoms with Gasteiger partial charge in [-0.1, -0.05) is 18.9 Å². The van der Waals surface area contributed by atoms with Crippen LogP contribution in [0.2, 0.25) is 0 Å². The third-order valence-corrected chi connectivity index (χ3v) is 1.19. The van der Waals surface area contributed by atoms with Crippen LogP contribution in [-0.2, 0) is 0 Å². The Balaban J connectivity index is 2.45. The van der Waals surface area contributed by atoms with Crippen LogP contribution in [0, 0.1) is 0 Å². The third kappa shape index (κ3) is 6.27. The molecule has 0 heterocycles. The smallest absolute Gasteiger partial charge is 0.0182 e. The Morgan fingerprint density at radius 2 is 2.43 bits per heavy atom. The van der Waals surface area contributed by atoms with Crippen LogP contribution in [-0.4, -0.2) is 18.8 Å². The quantitative estimate of drug-likeness (QED) is 0.411. The van der Waals surface area contributed by atoms with Crippen molar-refractivity contribution in [3.63, 3.8) is 0 Å². The highest BCUT2D eigenvalue weighted by atomic mass is 32.2. The summed E-state index contributed by atoms with van der Waals surface area (Å²) in [4.78, 5) is 0. The van der Waals surface area contributed by atoms with Gasteiger partial charge in [-0.15, -0.1) is 0 Å². The van der Waals surface area contributed by atoms with Crippen molar-refractivity contribution < 1.29 is 0 Å². The highest BCUT2D eigenvalue weighted by Crippen LogP contribution is 1.86. The molecule has 3 heteroatoms. The van der Waals surface area contributed by atoms with E-state index in [0.717, 1.165) is 18.8 Å². The molecule has 2 nitrogen and oxygen atoms in total. The molecule has 0 aromatic carbocycles. The molecule has 0 aliphatic carbocycles. The van der Waals surface area contributed by atoms with Gasteiger partial charge in [0.2, 0.25) is 0 Å². The Hall–Kier alpha value is 0.270. The van der Waals surface area contributed by atoms with Crippen LogP contribution in [0.4, 0.5) is 0 Å². The minimum atomic E-state index is 0.729. The summed E-state index contributed by atoms with van der Waals surface area (Å²) in [7, 11) is 0. The molecular weight excluding hydrogens is 108 g/mol. The first kappa shape index (κ1) is 7.27. The molecule has 0 aliphatic rings. The first-order valence-electron chi connectivity index (χ1n) is 2.46. The molecule has 0 rings (SSSR count). The Labute approximate surface area is 49.0 Å². The van der Waals surface area contributed by atoms with Crippen LogP contribution < -0.4 is 10.5 Å². The van der Waals surface area contributed by atoms with Gasteiger partial charge in [-0.25, -0.2) is 0 Å². The van der Waals surface area contributed by atoms with Gasteiger partial charge in [0.1, 0.15) is 0 Å². The summed E-state index contributed by atoms with van der Waals surface area (Å²) < 4.78 is 3.08. The number of rotatable bonds is 4. The summed E-state index contributed by atoms with van der Waals surface area (Å²) in [5, 5.41) is 0. The summed E-state index contributed by atoms with van der Waals surface area (Å²) in [6.45, 7) is 3.75. The van der Waals surface area contributed by atoms with Gasteiger partial charge in [-0.05, 0) is 0 Å². The van der Waals surface area contributed by atoms with Gasteiger partial charge in [-0.3, -0.25) is 4.72 Å². The third-order valence-electron chi connectivity index (χ3n) is 0.493. The molecule has 0 fully saturated rings. The minimum absolute atomic E-state index is 0.729. The van der Waals surface area contributed by atoms with Gasteiger partial charge in [0.25, 0.3) is 0 Å². The lowest BCUT2D eigenvalue weighted by atomic mass is 10.7. The van der Waals surface area contributed by atoms with E-state index >= 15 is 0 Å². The monoisotopic (exact) mass is 120 g/mol. The fraction of sp³-hybridized carbons (Fsp3) is 1.00. The number of hydrogen-bond donors (Lipinski definition) is 2. The summed E-state index contributed by atoms with van der Waals surface area (Å²) in [5.41, 5.74) is 5.19. The number of nitrogens with one attached hydrogen (secondary N) is 1. The highest BCUT2D eigenvalue weighted by molar-refractivity contribution is 7.97. The Kier molecular flexibility index (Phi) is 6.51. The van der Waals surface area contributed by atoms with Crippen LogP contribution in [0.15, 0.2) is 0 Å². The fourth-order valence-electron chi connectivity index (χ4n) is 0.233. The lowest BCUT2D eigenvalue weighted by Gasteiger charge is -1.95. The van der Waals surface area contributed by atoms with E-state index in [2.05, 4.69) is 11.6 Å². The van der Waals surface area contributed by atoms with Gasteiger partial charge in [0.05, 0.1) is 0 Å². The molecule has 0 amide bonds. The van der Waals surface area contributed by atoms with E-state index in [1.54, 1.807) is 11.9 Å². The Bertz CT molecular complexity index is 28.9. The highest BCUT2D eigenvalue weighted by Gasteiger charge is 1.77. The fourth-order valence-corrected chi connectivity index (χ4v) is 0.699. The minimum Gasteiger partial charge on any atom is -0.329 e. The predicted molar refractivity (Wildman–Crippen MR) is 35.2 cm³/mol. The molecule has 0 aromatic rings. The maximum atomic E-state index is 5.19. The summed E-state index contributed by atoms with van der Waals surface area (Å²) in [6, 6.07) is 0. The zero-order valence-electron chi connectivity index (χ0n) is 4.61. The second-order valence-corrected chi connectivity index (χ2v) is 2.27. The van der Waals surface area contributed by atoms with E-state index in [4.69, 9.17) is 5.73 Å². The molecule has 3 N–H and O–H groups in total. The number of hydrogen-bond acceptors (Lipinski definition) is 3. The Morgan fingerprint density at radius 1 is 1.71 bits per heavy atom. The van der Waals surface area contributed by atoms with E-state index in [9.17, 15) is 0 Å². The molecule has 0 aromatic heterocycles. The van der Waals surface area contributed by atoms with Crippen molar-refractivity contribution in [2.24, 2.45) is 5.73 Å². The van der Waals surface area contributed by atoms with Crippen LogP contribution in [0.3, 0.4) is 0 Å². The maximum absolute atomic E-state index is 5.19. The lowest BCUT2D eigenvalue weighted by molar-refractivity contribution is 0.917. The van der Waals surface area contributed by atoms with Crippen molar-refractivity contribution in [2.75, 3.05) is 18.8 Å². The standard InChI is InChI=1S/C4H12N2S/c1-2-7-6-4-3-5/h6H,2-5H2,1H3. The van der Waals surface area contributed by atoms with Crippen molar-refractivity contribution in [3.05, 3.63) is 0 Å². The molecule has 0 spiro atoms. The Morgan fingerprint density at radius 3 is 2.86 bits per heavy atom. The van der Waals surface area contributed by atoms with Gasteiger partial charge < -0.3 is 5.73 Å². The first-order chi connectivity index (χ1) is 3.41. The largest absolute Gasteiger partial charge is 0.329 e. The van der Waals surface area contributed by atoms with Crippen molar-refractivity contribution in [2.45, 2.75) is 6.92 Å². The normalized spacial score (nSPS) is 9.43. The first-order valence-corrected chi connectivity index (χ1v) is 3.45. The van der Waals surface area contributed by atoms with E-state index in [1.165, 1.54) is 0 Å². The van der Waals surface area contributed by atoms with Crippen LogP contribution >= 0.6 is 11.9 Å². The van der Waals surface area contributed by atoms with Crippen LogP contribution in [0.1, 0.15) is 6.92 Å². The van der Waals surface area contributed by atoms with Crippen molar-refractivity contribution >= 4 is 11.9 Å². The average molecular weight is 120 g/mol. The predicted octanol–water partition coefficient (Wildman–Crippen LogP) is 0.203. The van der Waals surface area contributed by atoms with Gasteiger partial charge >= 0.3 is 0 Å². The molecule has 44 valence electrons. The van der Waals surface area contributed by atoms with Crippen molar-refractivity contribution in [1.82, 2.24) is 4.72 Å². The van der Waals surface area contributed by atoms with Gasteiger partial charge in [0.15, 0.2) is 0 Å². The molecule has 0 bridgehead atoms. The molecule has 0 radical (unpaired) electrons. The topological polar surface area (TPSA) is 38.0 Å². The van der Waals surface area contributed by atoms with Gasteiger partial charge in [-0.2, -0.15) is 0 Å². The SMILES string of the molecule is CCSNCCN. The summed E-state index contributed by atoms with van der Waals surface area (Å²) in [6.07, 6.45) is 0. The lowest BCUT2D eigenvalue weighted by Crippen LogP contribution is -2.16. The molecule has 0 saturated carbocycles. The molecule has 0 saturated heterocycles. The molecule has 0 atom stereocenters. The van der Waals surface area contributed by atoms with E-state index in [0.29, 0.717) is 0 Å². The maximum Gasteiger partial charge on any atom is 0.0182 e. The second kappa shape index (κ2) is 6.27. The van der Waals surface area contributed by atoms with Crippen molar-refractivity contribution in [3.8, 4) is 0 Å². The summed E-state index contributed by atoms with van der Waals surface area (Å²) >= 11 is 1.70. The van der Waals surface area contributed by atoms with Crippen molar-refractivity contribution in [1.29, 1.82) is 0 Å². The van der Waals surface area contributed by atoms with Crippen LogP contribution in [0.5, 0.6) is 0 Å². The zero-order valence-corrected chi connectivity index (χ0v) is 5.42. The van der Waals surface area contributed by atoms with Gasteiger partial charge in [0, 0.05) is 18.8 Å². The molecule has 0 unspecified atom stereocenters. The van der Waals surface area contributed by atoms with E-state index in [-0.39, 0.29) is 0 Å². The second-order valence-electron chi connectivity index (χ2n) is 1.12. The number of nitrogens with two attached hydrogens (primary N) is 1. The van der Waals surface area contributed by atoms with E-state index in [1.807, 2.05) is 0 Å².